The van der Waals surface area contributed by atoms with Crippen LogP contribution in [0.4, 0.5) is 0 Å². The first-order valence-electron chi connectivity index (χ1n) is 5.99. The molecule has 18 heavy (non-hydrogen) atoms. The standard InChI is InChI=1S/C15H17NO2/c1-11-9-16(10-12(11)2)14(15(17)18)8-13-6-4-3-5-7-13/h3-7,9-10,14H,8H2,1-2H3,(H,17,18). The summed E-state index contributed by atoms with van der Waals surface area (Å²) in [5.74, 6) is -0.797. The van der Waals surface area contributed by atoms with E-state index in [0.29, 0.717) is 6.42 Å². The number of carboxylic acids is 1. The summed E-state index contributed by atoms with van der Waals surface area (Å²) in [5, 5.41) is 9.37. The fourth-order valence-corrected chi connectivity index (χ4v) is 2.03. The predicted octanol–water partition coefficient (Wildman–Crippen LogP) is 2.97. The van der Waals surface area contributed by atoms with Gasteiger partial charge in [-0.05, 0) is 30.5 Å². The molecule has 94 valence electrons. The molecule has 1 aromatic carbocycles. The Balaban J connectivity index is 2.27. The van der Waals surface area contributed by atoms with E-state index < -0.39 is 12.0 Å². The van der Waals surface area contributed by atoms with Crippen LogP contribution in [0, 0.1) is 13.8 Å². The molecule has 0 aliphatic carbocycles. The topological polar surface area (TPSA) is 42.2 Å². The molecule has 3 heteroatoms. The van der Waals surface area contributed by atoms with Crippen LogP contribution in [0.15, 0.2) is 42.7 Å². The molecular weight excluding hydrogens is 226 g/mol. The Labute approximate surface area is 107 Å². The zero-order chi connectivity index (χ0) is 13.1. The van der Waals surface area contributed by atoms with Crippen LogP contribution in [0.1, 0.15) is 22.7 Å². The molecule has 1 N–H and O–H groups in total. The molecule has 0 aliphatic rings. The van der Waals surface area contributed by atoms with Crippen molar-refractivity contribution >= 4 is 5.97 Å². The van der Waals surface area contributed by atoms with Gasteiger partial charge < -0.3 is 9.67 Å². The third kappa shape index (κ3) is 2.62. The molecule has 0 radical (unpaired) electrons. The van der Waals surface area contributed by atoms with Crippen molar-refractivity contribution in [2.24, 2.45) is 0 Å². The summed E-state index contributed by atoms with van der Waals surface area (Å²) in [7, 11) is 0. The lowest BCUT2D eigenvalue weighted by atomic mass is 10.1. The van der Waals surface area contributed by atoms with Gasteiger partial charge in [0.15, 0.2) is 0 Å². The van der Waals surface area contributed by atoms with Gasteiger partial charge in [-0.15, -0.1) is 0 Å². The molecule has 0 saturated heterocycles. The lowest BCUT2D eigenvalue weighted by Gasteiger charge is -2.14. The minimum atomic E-state index is -0.797. The first-order chi connectivity index (χ1) is 8.58. The number of hydrogen-bond donors (Lipinski definition) is 1. The number of aromatic nitrogens is 1. The fourth-order valence-electron chi connectivity index (χ4n) is 2.03. The molecule has 0 spiro atoms. The number of rotatable bonds is 4. The van der Waals surface area contributed by atoms with E-state index in [2.05, 4.69) is 0 Å². The van der Waals surface area contributed by atoms with Crippen LogP contribution >= 0.6 is 0 Å². The largest absolute Gasteiger partial charge is 0.480 e. The highest BCUT2D eigenvalue weighted by Gasteiger charge is 2.20. The van der Waals surface area contributed by atoms with E-state index in [-0.39, 0.29) is 0 Å². The molecule has 1 unspecified atom stereocenters. The summed E-state index contributed by atoms with van der Waals surface area (Å²) < 4.78 is 1.79. The first-order valence-corrected chi connectivity index (χ1v) is 5.99. The van der Waals surface area contributed by atoms with Crippen molar-refractivity contribution in [3.63, 3.8) is 0 Å². The minimum Gasteiger partial charge on any atom is -0.480 e. The monoisotopic (exact) mass is 243 g/mol. The second-order valence-corrected chi connectivity index (χ2v) is 4.62. The molecule has 0 saturated carbocycles. The van der Waals surface area contributed by atoms with Gasteiger partial charge in [0.2, 0.25) is 0 Å². The van der Waals surface area contributed by atoms with E-state index >= 15 is 0 Å². The van der Waals surface area contributed by atoms with Crippen LogP contribution in [0.2, 0.25) is 0 Å². The van der Waals surface area contributed by atoms with E-state index in [1.54, 1.807) is 4.57 Å². The molecule has 1 heterocycles. The van der Waals surface area contributed by atoms with Gasteiger partial charge in [0.1, 0.15) is 6.04 Å². The van der Waals surface area contributed by atoms with Crippen molar-refractivity contribution in [3.8, 4) is 0 Å². The van der Waals surface area contributed by atoms with Gasteiger partial charge in [0.25, 0.3) is 0 Å². The van der Waals surface area contributed by atoms with Gasteiger partial charge in [-0.3, -0.25) is 0 Å². The van der Waals surface area contributed by atoms with Crippen LogP contribution in [-0.4, -0.2) is 15.6 Å². The Hall–Kier alpha value is -2.03. The molecule has 1 aromatic heterocycles. The van der Waals surface area contributed by atoms with E-state index in [9.17, 15) is 9.90 Å². The molecule has 0 amide bonds. The Morgan fingerprint density at radius 3 is 2.22 bits per heavy atom. The maximum Gasteiger partial charge on any atom is 0.327 e. The molecule has 1 atom stereocenters. The highest BCUT2D eigenvalue weighted by atomic mass is 16.4. The van der Waals surface area contributed by atoms with E-state index in [0.717, 1.165) is 16.7 Å². The van der Waals surface area contributed by atoms with E-state index in [4.69, 9.17) is 0 Å². The number of hydrogen-bond acceptors (Lipinski definition) is 1. The highest BCUT2D eigenvalue weighted by molar-refractivity contribution is 5.72. The smallest absolute Gasteiger partial charge is 0.327 e. The zero-order valence-corrected chi connectivity index (χ0v) is 10.6. The van der Waals surface area contributed by atoms with E-state index in [1.165, 1.54) is 0 Å². The van der Waals surface area contributed by atoms with Crippen molar-refractivity contribution in [1.29, 1.82) is 0 Å². The summed E-state index contributed by atoms with van der Waals surface area (Å²) in [4.78, 5) is 11.4. The molecule has 2 rings (SSSR count). The van der Waals surface area contributed by atoms with Crippen molar-refractivity contribution in [2.75, 3.05) is 0 Å². The van der Waals surface area contributed by atoms with Crippen molar-refractivity contribution < 1.29 is 9.90 Å². The molecular formula is C15H17NO2. The number of benzene rings is 1. The van der Waals surface area contributed by atoms with Crippen LogP contribution in [0.5, 0.6) is 0 Å². The third-order valence-electron chi connectivity index (χ3n) is 3.22. The molecule has 0 aliphatic heterocycles. The summed E-state index contributed by atoms with van der Waals surface area (Å²) in [5.41, 5.74) is 3.28. The molecule has 0 fully saturated rings. The highest BCUT2D eigenvalue weighted by Crippen LogP contribution is 2.18. The van der Waals surface area contributed by atoms with E-state index in [1.807, 2.05) is 56.6 Å². The van der Waals surface area contributed by atoms with Crippen molar-refractivity contribution in [1.82, 2.24) is 4.57 Å². The normalized spacial score (nSPS) is 12.3. The van der Waals surface area contributed by atoms with Gasteiger partial charge >= 0.3 is 5.97 Å². The zero-order valence-electron chi connectivity index (χ0n) is 10.6. The summed E-state index contributed by atoms with van der Waals surface area (Å²) in [6.07, 6.45) is 4.30. The molecule has 2 aromatic rings. The minimum absolute atomic E-state index is 0.504. The predicted molar refractivity (Wildman–Crippen MR) is 70.7 cm³/mol. The number of aliphatic carboxylic acids is 1. The molecule has 0 bridgehead atoms. The third-order valence-corrected chi connectivity index (χ3v) is 3.22. The summed E-state index contributed by atoms with van der Waals surface area (Å²) >= 11 is 0. The van der Waals surface area contributed by atoms with Crippen LogP contribution in [0.3, 0.4) is 0 Å². The average molecular weight is 243 g/mol. The summed E-state index contributed by atoms with van der Waals surface area (Å²) in [6, 6.07) is 9.17. The van der Waals surface area contributed by atoms with Gasteiger partial charge in [0, 0.05) is 18.8 Å². The van der Waals surface area contributed by atoms with Gasteiger partial charge in [-0.25, -0.2) is 4.79 Å². The summed E-state index contributed by atoms with van der Waals surface area (Å²) in [6.45, 7) is 3.99. The fraction of sp³-hybridized carbons (Fsp3) is 0.267. The average Bonchev–Trinajstić information content (AvgIpc) is 2.67. The van der Waals surface area contributed by atoms with Crippen molar-refractivity contribution in [3.05, 3.63) is 59.4 Å². The lowest BCUT2D eigenvalue weighted by Crippen LogP contribution is -2.20. The quantitative estimate of drug-likeness (QED) is 0.897. The Morgan fingerprint density at radius 1 is 1.17 bits per heavy atom. The first kappa shape index (κ1) is 12.4. The Kier molecular flexibility index (Phi) is 3.51. The number of aryl methyl sites for hydroxylation is 2. The van der Waals surface area contributed by atoms with Crippen LogP contribution < -0.4 is 0 Å². The van der Waals surface area contributed by atoms with Gasteiger partial charge in [0.05, 0.1) is 0 Å². The Morgan fingerprint density at radius 2 is 1.72 bits per heavy atom. The van der Waals surface area contributed by atoms with Crippen molar-refractivity contribution in [2.45, 2.75) is 26.3 Å². The Bertz CT molecular complexity index is 523. The molecule has 3 nitrogen and oxygen atoms in total. The number of nitrogens with zero attached hydrogens (tertiary/aromatic N) is 1. The van der Waals surface area contributed by atoms with Crippen LogP contribution in [0.25, 0.3) is 0 Å². The maximum absolute atomic E-state index is 11.4. The van der Waals surface area contributed by atoms with Gasteiger partial charge in [-0.2, -0.15) is 0 Å². The van der Waals surface area contributed by atoms with Gasteiger partial charge in [-0.1, -0.05) is 30.3 Å². The number of carbonyl (C=O) groups is 1. The van der Waals surface area contributed by atoms with Crippen LogP contribution in [-0.2, 0) is 11.2 Å². The second kappa shape index (κ2) is 5.08. The number of carboxylic acid groups (broad SMARTS) is 1. The lowest BCUT2D eigenvalue weighted by molar-refractivity contribution is -0.140. The maximum atomic E-state index is 11.4. The SMILES string of the molecule is Cc1cn(C(Cc2ccccc2)C(=O)O)cc1C. The second-order valence-electron chi connectivity index (χ2n) is 4.62.